The Balaban J connectivity index is 1.63. The van der Waals surface area contributed by atoms with Crippen molar-refractivity contribution >= 4 is 17.5 Å². The fourth-order valence-corrected chi connectivity index (χ4v) is 6.19. The van der Waals surface area contributed by atoms with Gasteiger partial charge in [-0.05, 0) is 92.0 Å². The van der Waals surface area contributed by atoms with Crippen LogP contribution in [0.15, 0.2) is 40.7 Å². The molecule has 1 aromatic carbocycles. The fourth-order valence-electron chi connectivity index (χ4n) is 6.19. The Morgan fingerprint density at radius 2 is 2.00 bits per heavy atom. The van der Waals surface area contributed by atoms with E-state index in [-0.39, 0.29) is 36.9 Å². The molecule has 0 radical (unpaired) electrons. The number of allylic oxidation sites excluding steroid dienone is 2. The molecule has 1 heterocycles. The Morgan fingerprint density at radius 1 is 1.18 bits per heavy atom. The zero-order valence-electron chi connectivity index (χ0n) is 21.7. The number of hydrogen-bond donors (Lipinski definition) is 4. The molecular formula is C30H37NO7. The van der Waals surface area contributed by atoms with Crippen LogP contribution in [0.25, 0.3) is 11.1 Å². The van der Waals surface area contributed by atoms with Crippen LogP contribution >= 0.6 is 0 Å². The van der Waals surface area contributed by atoms with Gasteiger partial charge < -0.3 is 25.5 Å². The van der Waals surface area contributed by atoms with E-state index in [0.29, 0.717) is 24.8 Å². The first-order chi connectivity index (χ1) is 18.3. The maximum Gasteiger partial charge on any atom is 0.224 e. The molecule has 0 saturated carbocycles. The van der Waals surface area contributed by atoms with Crippen molar-refractivity contribution in [3.63, 3.8) is 0 Å². The number of Topliss-reactive ketones (excluding diaryl/α,β-unsaturated/α-hetero) is 2. The fraction of sp³-hybridized carbons (Fsp3) is 0.500. The molecular weight excluding hydrogens is 486 g/mol. The number of carbonyl (C=O) groups excluding carboxylic acids is 3. The van der Waals surface area contributed by atoms with Gasteiger partial charge in [-0.3, -0.25) is 14.4 Å². The zero-order valence-corrected chi connectivity index (χ0v) is 21.7. The van der Waals surface area contributed by atoms with Gasteiger partial charge >= 0.3 is 0 Å². The summed E-state index contributed by atoms with van der Waals surface area (Å²) in [4.78, 5) is 37.4. The third kappa shape index (κ3) is 6.25. The number of aromatic hydroxyl groups is 1. The van der Waals surface area contributed by atoms with E-state index < -0.39 is 36.6 Å². The minimum absolute atomic E-state index is 0.0473. The molecule has 204 valence electrons. The maximum absolute atomic E-state index is 13.5. The molecule has 2 aliphatic rings. The second-order valence-electron chi connectivity index (χ2n) is 10.7. The lowest BCUT2D eigenvalue weighted by Crippen LogP contribution is -2.33. The number of phenols is 1. The number of hydrogen-bond acceptors (Lipinski definition) is 7. The van der Waals surface area contributed by atoms with Crippen LogP contribution in [0.5, 0.6) is 5.75 Å². The third-order valence-corrected chi connectivity index (χ3v) is 8.08. The summed E-state index contributed by atoms with van der Waals surface area (Å²) in [7, 11) is 0. The van der Waals surface area contributed by atoms with Gasteiger partial charge in [-0.25, -0.2) is 0 Å². The molecule has 1 amide bonds. The molecule has 38 heavy (non-hydrogen) atoms. The van der Waals surface area contributed by atoms with E-state index in [9.17, 15) is 29.7 Å². The largest absolute Gasteiger partial charge is 0.507 e. The molecule has 3 atom stereocenters. The Hall–Kier alpha value is -3.23. The first-order valence-corrected chi connectivity index (χ1v) is 13.5. The van der Waals surface area contributed by atoms with Gasteiger partial charge in [0, 0.05) is 24.5 Å². The second-order valence-corrected chi connectivity index (χ2v) is 10.7. The van der Waals surface area contributed by atoms with Gasteiger partial charge in [0.15, 0.2) is 5.78 Å². The molecule has 2 aromatic rings. The predicted molar refractivity (Wildman–Crippen MR) is 141 cm³/mol. The lowest BCUT2D eigenvalue weighted by atomic mass is 9.72. The van der Waals surface area contributed by atoms with Gasteiger partial charge in [0.05, 0.1) is 31.1 Å². The van der Waals surface area contributed by atoms with Crippen LogP contribution < -0.4 is 5.73 Å². The SMILES string of the molecule is NC(=O)CC(=O)C(CO)C(CCO)CC1CC(=O)c2c(O)c(CCC3=CCCC3)cc(-c3ccoc3)c2C1. The number of furan rings is 1. The van der Waals surface area contributed by atoms with Crippen molar-refractivity contribution in [2.75, 3.05) is 13.2 Å². The van der Waals surface area contributed by atoms with Gasteiger partial charge in [0.25, 0.3) is 0 Å². The number of aliphatic hydroxyl groups is 2. The highest BCUT2D eigenvalue weighted by Crippen LogP contribution is 2.43. The molecule has 2 aliphatic carbocycles. The van der Waals surface area contributed by atoms with E-state index in [2.05, 4.69) is 6.08 Å². The van der Waals surface area contributed by atoms with Crippen LogP contribution in [-0.4, -0.2) is 46.0 Å². The summed E-state index contributed by atoms with van der Waals surface area (Å²) in [6, 6.07) is 3.80. The summed E-state index contributed by atoms with van der Waals surface area (Å²) in [5, 5.41) is 30.8. The van der Waals surface area contributed by atoms with E-state index in [0.717, 1.165) is 47.9 Å². The number of benzene rings is 1. The minimum atomic E-state index is -0.847. The molecule has 8 heteroatoms. The number of ketones is 2. The Bertz CT molecular complexity index is 1200. The molecule has 3 unspecified atom stereocenters. The number of nitrogens with two attached hydrogens (primary N) is 1. The van der Waals surface area contributed by atoms with Crippen molar-refractivity contribution < 1.29 is 34.1 Å². The van der Waals surface area contributed by atoms with Crippen LogP contribution in [-0.2, 0) is 22.4 Å². The maximum atomic E-state index is 13.5. The molecule has 0 saturated heterocycles. The quantitative estimate of drug-likeness (QED) is 0.230. The second kappa shape index (κ2) is 12.5. The van der Waals surface area contributed by atoms with Crippen molar-refractivity contribution in [3.8, 4) is 16.9 Å². The van der Waals surface area contributed by atoms with Gasteiger partial charge in [-0.2, -0.15) is 0 Å². The molecule has 0 bridgehead atoms. The lowest BCUT2D eigenvalue weighted by molar-refractivity contribution is -0.131. The van der Waals surface area contributed by atoms with Crippen LogP contribution in [0, 0.1) is 17.8 Å². The number of fused-ring (bicyclic) bond motifs is 1. The van der Waals surface area contributed by atoms with Crippen molar-refractivity contribution in [3.05, 3.63) is 53.0 Å². The Labute approximate surface area is 222 Å². The van der Waals surface area contributed by atoms with Crippen molar-refractivity contribution in [2.24, 2.45) is 23.5 Å². The first kappa shape index (κ1) is 27.8. The van der Waals surface area contributed by atoms with E-state index >= 15 is 0 Å². The van der Waals surface area contributed by atoms with Gasteiger partial charge in [-0.15, -0.1) is 0 Å². The lowest BCUT2D eigenvalue weighted by Gasteiger charge is -2.32. The number of rotatable bonds is 13. The molecule has 8 nitrogen and oxygen atoms in total. The molecule has 0 spiro atoms. The highest BCUT2D eigenvalue weighted by Gasteiger charge is 2.36. The average molecular weight is 524 g/mol. The summed E-state index contributed by atoms with van der Waals surface area (Å²) in [5.41, 5.74) is 10.1. The molecule has 4 rings (SSSR count). The highest BCUT2D eigenvalue weighted by atomic mass is 16.3. The average Bonchev–Trinajstić information content (AvgIpc) is 3.58. The summed E-state index contributed by atoms with van der Waals surface area (Å²) in [6.45, 7) is -0.655. The van der Waals surface area contributed by atoms with Crippen LogP contribution in [0.2, 0.25) is 0 Å². The third-order valence-electron chi connectivity index (χ3n) is 8.08. The van der Waals surface area contributed by atoms with E-state index in [4.69, 9.17) is 10.2 Å². The summed E-state index contributed by atoms with van der Waals surface area (Å²) < 4.78 is 5.34. The normalized spacial score (nSPS) is 18.6. The topological polar surface area (TPSA) is 151 Å². The minimum Gasteiger partial charge on any atom is -0.507 e. The zero-order chi connectivity index (χ0) is 27.2. The Kier molecular flexibility index (Phi) is 9.17. The smallest absolute Gasteiger partial charge is 0.224 e. The van der Waals surface area contributed by atoms with Crippen molar-refractivity contribution in [2.45, 2.75) is 64.2 Å². The molecule has 1 aromatic heterocycles. The van der Waals surface area contributed by atoms with Gasteiger partial charge in [0.2, 0.25) is 5.91 Å². The number of aliphatic hydroxyl groups excluding tert-OH is 2. The number of primary amides is 1. The Morgan fingerprint density at radius 3 is 2.63 bits per heavy atom. The molecule has 5 N–H and O–H groups in total. The number of amides is 1. The van der Waals surface area contributed by atoms with Crippen LogP contribution in [0.1, 0.15) is 72.9 Å². The molecule has 0 aliphatic heterocycles. The molecule has 0 fully saturated rings. The monoisotopic (exact) mass is 523 g/mol. The number of carbonyl (C=O) groups is 3. The van der Waals surface area contributed by atoms with Crippen LogP contribution in [0.4, 0.5) is 0 Å². The standard InChI is InChI=1S/C30H37NO7/c31-28(36)15-26(34)25(16-33)20(7-9-32)11-19-12-24-23(22-8-10-38-17-22)14-21(6-5-18-3-1-2-4-18)30(37)29(24)27(35)13-19/h3,8,10,14,17,19-20,25,32-33,37H,1-2,4-7,9,11-13,15-16H2,(H2,31,36). The summed E-state index contributed by atoms with van der Waals surface area (Å²) in [5.74, 6) is -2.76. The van der Waals surface area contributed by atoms with Crippen LogP contribution in [0.3, 0.4) is 0 Å². The summed E-state index contributed by atoms with van der Waals surface area (Å²) >= 11 is 0. The van der Waals surface area contributed by atoms with E-state index in [1.54, 1.807) is 12.5 Å². The van der Waals surface area contributed by atoms with Crippen molar-refractivity contribution in [1.29, 1.82) is 0 Å². The summed E-state index contributed by atoms with van der Waals surface area (Å²) in [6.07, 6.45) is 11.1. The number of aryl methyl sites for hydroxylation is 1. The van der Waals surface area contributed by atoms with Gasteiger partial charge in [-0.1, -0.05) is 11.6 Å². The van der Waals surface area contributed by atoms with Gasteiger partial charge in [0.1, 0.15) is 11.5 Å². The van der Waals surface area contributed by atoms with E-state index in [1.165, 1.54) is 5.57 Å². The van der Waals surface area contributed by atoms with E-state index in [1.807, 2.05) is 12.1 Å². The highest BCUT2D eigenvalue weighted by molar-refractivity contribution is 6.03. The van der Waals surface area contributed by atoms with Crippen molar-refractivity contribution in [1.82, 2.24) is 0 Å². The number of phenolic OH excluding ortho intramolecular Hbond substituents is 1. The predicted octanol–water partition coefficient (Wildman–Crippen LogP) is 3.88. The first-order valence-electron chi connectivity index (χ1n) is 13.5.